The summed E-state index contributed by atoms with van der Waals surface area (Å²) in [5, 5.41) is 2.94. The molecule has 24 heavy (non-hydrogen) atoms. The van der Waals surface area contributed by atoms with Crippen molar-refractivity contribution in [3.8, 4) is 0 Å². The second-order valence-electron chi connectivity index (χ2n) is 5.68. The number of hydrogen-bond acceptors (Lipinski definition) is 3. The van der Waals surface area contributed by atoms with Crippen LogP contribution in [0.4, 0.5) is 0 Å². The maximum Gasteiger partial charge on any atom is 0.307 e. The maximum atomic E-state index is 12.6. The van der Waals surface area contributed by atoms with Gasteiger partial charge in [0.25, 0.3) is 5.91 Å². The molecule has 0 radical (unpaired) electrons. The molecule has 2 aromatic rings. The highest BCUT2D eigenvalue weighted by Crippen LogP contribution is 2.21. The molecule has 5 heteroatoms. The Labute approximate surface area is 150 Å². The summed E-state index contributed by atoms with van der Waals surface area (Å²) in [6.07, 6.45) is 0.0782. The standard InChI is InChI=1S/C19H20BrNO3/c1-12-4-9-16(13(2)10-12)19(23)21-17(11-18(22)24-3)14-5-7-15(20)8-6-14/h4-10,17H,11H2,1-3H3,(H,21,23). The Hall–Kier alpha value is -2.14. The van der Waals surface area contributed by atoms with Crippen molar-refractivity contribution in [3.05, 3.63) is 69.2 Å². The zero-order valence-electron chi connectivity index (χ0n) is 13.9. The quantitative estimate of drug-likeness (QED) is 0.783. The monoisotopic (exact) mass is 389 g/mol. The topological polar surface area (TPSA) is 55.4 Å². The van der Waals surface area contributed by atoms with Crippen molar-refractivity contribution in [1.29, 1.82) is 0 Å². The Balaban J connectivity index is 2.25. The van der Waals surface area contributed by atoms with Crippen LogP contribution >= 0.6 is 15.9 Å². The van der Waals surface area contributed by atoms with Gasteiger partial charge in [-0.05, 0) is 43.2 Å². The van der Waals surface area contributed by atoms with Gasteiger partial charge in [-0.3, -0.25) is 9.59 Å². The van der Waals surface area contributed by atoms with Gasteiger partial charge in [-0.1, -0.05) is 45.8 Å². The van der Waals surface area contributed by atoms with E-state index in [4.69, 9.17) is 4.74 Å². The molecule has 1 N–H and O–H groups in total. The van der Waals surface area contributed by atoms with Crippen LogP contribution in [0.15, 0.2) is 46.9 Å². The smallest absolute Gasteiger partial charge is 0.307 e. The third kappa shape index (κ3) is 4.68. The molecule has 4 nitrogen and oxygen atoms in total. The van der Waals surface area contributed by atoms with Gasteiger partial charge in [-0.25, -0.2) is 0 Å². The van der Waals surface area contributed by atoms with Crippen LogP contribution in [-0.4, -0.2) is 19.0 Å². The van der Waals surface area contributed by atoms with Gasteiger partial charge in [0.1, 0.15) is 0 Å². The van der Waals surface area contributed by atoms with Gasteiger partial charge in [0.15, 0.2) is 0 Å². The second-order valence-corrected chi connectivity index (χ2v) is 6.59. The first-order chi connectivity index (χ1) is 11.4. The Kier molecular flexibility index (Phi) is 6.15. The Morgan fingerprint density at radius 2 is 1.79 bits per heavy atom. The fraction of sp³-hybridized carbons (Fsp3) is 0.263. The summed E-state index contributed by atoms with van der Waals surface area (Å²) in [5.41, 5.74) is 3.46. The summed E-state index contributed by atoms with van der Waals surface area (Å²) in [6, 6.07) is 12.7. The fourth-order valence-corrected chi connectivity index (χ4v) is 2.77. The molecule has 0 bridgehead atoms. The number of aryl methyl sites for hydroxylation is 2. The van der Waals surface area contributed by atoms with Crippen molar-refractivity contribution >= 4 is 27.8 Å². The number of carbonyl (C=O) groups excluding carboxylic acids is 2. The molecule has 0 aliphatic carbocycles. The fourth-order valence-electron chi connectivity index (χ4n) is 2.50. The second kappa shape index (κ2) is 8.11. The van der Waals surface area contributed by atoms with Crippen LogP contribution in [-0.2, 0) is 9.53 Å². The van der Waals surface area contributed by atoms with Crippen LogP contribution in [0.3, 0.4) is 0 Å². The predicted molar refractivity (Wildman–Crippen MR) is 96.9 cm³/mol. The maximum absolute atomic E-state index is 12.6. The number of amides is 1. The molecule has 126 valence electrons. The molecule has 1 amide bonds. The van der Waals surface area contributed by atoms with Crippen molar-refractivity contribution < 1.29 is 14.3 Å². The minimum absolute atomic E-state index is 0.0782. The van der Waals surface area contributed by atoms with Gasteiger partial charge < -0.3 is 10.1 Å². The number of hydrogen-bond donors (Lipinski definition) is 1. The molecule has 0 fully saturated rings. The molecule has 0 spiro atoms. The van der Waals surface area contributed by atoms with Crippen LogP contribution in [0.2, 0.25) is 0 Å². The van der Waals surface area contributed by atoms with Crippen LogP contribution in [0, 0.1) is 13.8 Å². The van der Waals surface area contributed by atoms with Gasteiger partial charge in [0, 0.05) is 10.0 Å². The first-order valence-corrected chi connectivity index (χ1v) is 8.40. The zero-order valence-corrected chi connectivity index (χ0v) is 15.5. The van der Waals surface area contributed by atoms with Crippen molar-refractivity contribution in [3.63, 3.8) is 0 Å². The summed E-state index contributed by atoms with van der Waals surface area (Å²) in [4.78, 5) is 24.3. The average Bonchev–Trinajstić information content (AvgIpc) is 2.54. The normalized spacial score (nSPS) is 11.7. The minimum Gasteiger partial charge on any atom is -0.469 e. The number of halogens is 1. The largest absolute Gasteiger partial charge is 0.469 e. The zero-order chi connectivity index (χ0) is 17.7. The van der Waals surface area contributed by atoms with E-state index in [-0.39, 0.29) is 18.3 Å². The van der Waals surface area contributed by atoms with E-state index >= 15 is 0 Å². The number of rotatable bonds is 5. The molecule has 0 aliphatic heterocycles. The van der Waals surface area contributed by atoms with Crippen LogP contribution in [0.25, 0.3) is 0 Å². The minimum atomic E-state index is -0.446. The highest BCUT2D eigenvalue weighted by atomic mass is 79.9. The summed E-state index contributed by atoms with van der Waals surface area (Å²) in [6.45, 7) is 3.88. The van der Waals surface area contributed by atoms with Gasteiger partial charge >= 0.3 is 5.97 Å². The van der Waals surface area contributed by atoms with E-state index in [0.29, 0.717) is 5.56 Å². The van der Waals surface area contributed by atoms with E-state index in [1.165, 1.54) is 7.11 Å². The molecule has 2 aromatic carbocycles. The number of esters is 1. The summed E-state index contributed by atoms with van der Waals surface area (Å²) in [7, 11) is 1.34. The summed E-state index contributed by atoms with van der Waals surface area (Å²) in [5.74, 6) is -0.576. The van der Waals surface area contributed by atoms with Crippen LogP contribution in [0.1, 0.15) is 39.5 Å². The molecular formula is C19H20BrNO3. The molecule has 0 aromatic heterocycles. The lowest BCUT2D eigenvalue weighted by Gasteiger charge is -2.19. The van der Waals surface area contributed by atoms with Crippen molar-refractivity contribution in [1.82, 2.24) is 5.32 Å². The molecule has 1 unspecified atom stereocenters. The summed E-state index contributed by atoms with van der Waals surface area (Å²) < 4.78 is 5.69. The highest BCUT2D eigenvalue weighted by Gasteiger charge is 2.20. The van der Waals surface area contributed by atoms with E-state index in [1.807, 2.05) is 50.2 Å². The van der Waals surface area contributed by atoms with E-state index in [0.717, 1.165) is 21.2 Å². The highest BCUT2D eigenvalue weighted by molar-refractivity contribution is 9.10. The lowest BCUT2D eigenvalue weighted by molar-refractivity contribution is -0.141. The van der Waals surface area contributed by atoms with Crippen molar-refractivity contribution in [2.75, 3.05) is 7.11 Å². The predicted octanol–water partition coefficient (Wildman–Crippen LogP) is 4.10. The lowest BCUT2D eigenvalue weighted by Crippen LogP contribution is -2.31. The third-order valence-corrected chi connectivity index (χ3v) is 4.33. The Bertz CT molecular complexity index is 741. The number of nitrogens with one attached hydrogen (secondary N) is 1. The van der Waals surface area contributed by atoms with Gasteiger partial charge in [-0.2, -0.15) is 0 Å². The SMILES string of the molecule is COC(=O)CC(NC(=O)c1ccc(C)cc1C)c1ccc(Br)cc1. The molecule has 2 rings (SSSR count). The third-order valence-electron chi connectivity index (χ3n) is 3.80. The molecular weight excluding hydrogens is 370 g/mol. The van der Waals surface area contributed by atoms with Crippen molar-refractivity contribution in [2.45, 2.75) is 26.3 Å². The molecule has 0 saturated heterocycles. The van der Waals surface area contributed by atoms with Crippen LogP contribution in [0.5, 0.6) is 0 Å². The van der Waals surface area contributed by atoms with Gasteiger partial charge in [0.2, 0.25) is 0 Å². The van der Waals surface area contributed by atoms with E-state index in [9.17, 15) is 9.59 Å². The summed E-state index contributed by atoms with van der Waals surface area (Å²) >= 11 is 3.38. The van der Waals surface area contributed by atoms with E-state index in [2.05, 4.69) is 21.2 Å². The lowest BCUT2D eigenvalue weighted by atomic mass is 10.0. The van der Waals surface area contributed by atoms with Crippen LogP contribution < -0.4 is 5.32 Å². The first kappa shape index (κ1) is 18.2. The van der Waals surface area contributed by atoms with Crippen molar-refractivity contribution in [2.24, 2.45) is 0 Å². The number of methoxy groups -OCH3 is 1. The number of ether oxygens (including phenoxy) is 1. The van der Waals surface area contributed by atoms with Gasteiger partial charge in [-0.15, -0.1) is 0 Å². The molecule has 0 heterocycles. The number of benzene rings is 2. The molecule has 0 saturated carbocycles. The first-order valence-electron chi connectivity index (χ1n) is 7.61. The molecule has 1 atom stereocenters. The van der Waals surface area contributed by atoms with E-state index < -0.39 is 6.04 Å². The molecule has 0 aliphatic rings. The van der Waals surface area contributed by atoms with E-state index in [1.54, 1.807) is 6.07 Å². The van der Waals surface area contributed by atoms with Gasteiger partial charge in [0.05, 0.1) is 19.6 Å². The number of carbonyl (C=O) groups is 2. The Morgan fingerprint density at radius 1 is 1.12 bits per heavy atom. The average molecular weight is 390 g/mol. The Morgan fingerprint density at radius 3 is 2.38 bits per heavy atom.